The second-order valence-electron chi connectivity index (χ2n) is 5.78. The Kier molecular flexibility index (Phi) is 3.65. The Balaban J connectivity index is 2.16. The van der Waals surface area contributed by atoms with Crippen molar-refractivity contribution in [1.29, 1.82) is 0 Å². The molecule has 0 bridgehead atoms. The smallest absolute Gasteiger partial charge is 0.414 e. The molecule has 0 radical (unpaired) electrons. The highest BCUT2D eigenvalue weighted by molar-refractivity contribution is 5.76. The van der Waals surface area contributed by atoms with Crippen LogP contribution < -0.4 is 5.56 Å². The molecular weight excluding hydrogens is 258 g/mol. The van der Waals surface area contributed by atoms with Crippen LogP contribution in [-0.2, 0) is 11.8 Å². The minimum atomic E-state index is -0.516. The van der Waals surface area contributed by atoms with E-state index in [0.717, 1.165) is 11.1 Å². The van der Waals surface area contributed by atoms with Gasteiger partial charge in [0, 0.05) is 31.4 Å². The summed E-state index contributed by atoms with van der Waals surface area (Å²) in [7, 11) is 1.60. The number of carbonyl (C=O) groups excluding carboxylic acids is 1. The van der Waals surface area contributed by atoms with Crippen LogP contribution in [0.25, 0.3) is 5.57 Å². The van der Waals surface area contributed by atoms with Gasteiger partial charge < -0.3 is 4.74 Å². The fourth-order valence-corrected chi connectivity index (χ4v) is 1.89. The molecule has 0 saturated carbocycles. The van der Waals surface area contributed by atoms with E-state index >= 15 is 0 Å². The van der Waals surface area contributed by atoms with Gasteiger partial charge in [0.15, 0.2) is 0 Å². The van der Waals surface area contributed by atoms with E-state index in [0.29, 0.717) is 13.0 Å². The summed E-state index contributed by atoms with van der Waals surface area (Å²) in [6.45, 7) is 6.04. The van der Waals surface area contributed by atoms with Crippen molar-refractivity contribution >= 4 is 11.7 Å². The largest absolute Gasteiger partial charge is 0.443 e. The molecule has 0 unspecified atom stereocenters. The second-order valence-corrected chi connectivity index (χ2v) is 5.78. The minimum absolute atomic E-state index is 0.167. The van der Waals surface area contributed by atoms with Crippen LogP contribution in [0.3, 0.4) is 0 Å². The van der Waals surface area contributed by atoms with Gasteiger partial charge in [0.2, 0.25) is 0 Å². The Labute approximate surface area is 117 Å². The van der Waals surface area contributed by atoms with Crippen LogP contribution in [0.2, 0.25) is 0 Å². The van der Waals surface area contributed by atoms with Crippen LogP contribution in [-0.4, -0.2) is 32.9 Å². The zero-order chi connectivity index (χ0) is 14.9. The van der Waals surface area contributed by atoms with Gasteiger partial charge in [0.1, 0.15) is 5.60 Å². The van der Waals surface area contributed by atoms with E-state index in [1.807, 2.05) is 20.8 Å². The topological polar surface area (TPSA) is 64.4 Å². The predicted molar refractivity (Wildman–Crippen MR) is 75.0 cm³/mol. The van der Waals surface area contributed by atoms with Crippen molar-refractivity contribution in [2.24, 2.45) is 7.05 Å². The maximum absolute atomic E-state index is 11.9. The molecule has 20 heavy (non-hydrogen) atoms. The third-order valence-electron chi connectivity index (χ3n) is 2.90. The predicted octanol–water partition coefficient (Wildman–Crippen LogP) is 1.76. The average molecular weight is 277 g/mol. The quantitative estimate of drug-likeness (QED) is 0.784. The second kappa shape index (κ2) is 5.11. The van der Waals surface area contributed by atoms with E-state index in [4.69, 9.17) is 4.74 Å². The summed E-state index contributed by atoms with van der Waals surface area (Å²) < 4.78 is 6.58. The van der Waals surface area contributed by atoms with E-state index in [-0.39, 0.29) is 11.7 Å². The number of hydrogen-bond acceptors (Lipinski definition) is 4. The van der Waals surface area contributed by atoms with Crippen molar-refractivity contribution in [3.8, 4) is 0 Å². The Hall–Kier alpha value is -2.11. The highest BCUT2D eigenvalue weighted by Crippen LogP contribution is 2.24. The third-order valence-corrected chi connectivity index (χ3v) is 2.90. The number of nitrogens with zero attached hydrogens (tertiary/aromatic N) is 3. The first-order chi connectivity index (χ1) is 9.26. The number of ether oxygens (including phenoxy) is 1. The molecule has 0 N–H and O–H groups in total. The summed E-state index contributed by atoms with van der Waals surface area (Å²) in [6.07, 6.45) is 3.68. The Bertz CT molecular complexity index is 611. The monoisotopic (exact) mass is 277 g/mol. The van der Waals surface area contributed by atoms with Gasteiger partial charge in [-0.1, -0.05) is 0 Å². The number of rotatable bonds is 1. The van der Waals surface area contributed by atoms with E-state index in [1.54, 1.807) is 19.4 Å². The highest BCUT2D eigenvalue weighted by atomic mass is 16.6. The molecule has 1 aromatic rings. The summed E-state index contributed by atoms with van der Waals surface area (Å²) in [4.78, 5) is 25.0. The molecule has 0 fully saturated rings. The van der Waals surface area contributed by atoms with Gasteiger partial charge in [-0.3, -0.25) is 9.69 Å². The maximum Gasteiger partial charge on any atom is 0.414 e. The first kappa shape index (κ1) is 14.3. The lowest BCUT2D eigenvalue weighted by Gasteiger charge is -2.23. The van der Waals surface area contributed by atoms with Crippen molar-refractivity contribution < 1.29 is 9.53 Å². The van der Waals surface area contributed by atoms with Crippen LogP contribution in [0, 0.1) is 0 Å². The van der Waals surface area contributed by atoms with Gasteiger partial charge in [0.25, 0.3) is 5.56 Å². The van der Waals surface area contributed by atoms with Crippen LogP contribution in [0.1, 0.15) is 32.8 Å². The molecule has 1 aliphatic rings. The molecule has 6 heteroatoms. The van der Waals surface area contributed by atoms with Crippen molar-refractivity contribution in [2.45, 2.75) is 32.8 Å². The molecule has 1 amide bonds. The lowest BCUT2D eigenvalue weighted by Crippen LogP contribution is -2.32. The van der Waals surface area contributed by atoms with Gasteiger partial charge in [-0.2, -0.15) is 5.10 Å². The normalized spacial score (nSPS) is 15.2. The van der Waals surface area contributed by atoms with Crippen molar-refractivity contribution in [1.82, 2.24) is 14.7 Å². The summed E-state index contributed by atoms with van der Waals surface area (Å²) >= 11 is 0. The molecule has 1 aromatic heterocycles. The van der Waals surface area contributed by atoms with Crippen LogP contribution >= 0.6 is 0 Å². The first-order valence-corrected chi connectivity index (χ1v) is 6.50. The van der Waals surface area contributed by atoms with E-state index in [1.165, 1.54) is 15.6 Å². The first-order valence-electron chi connectivity index (χ1n) is 6.50. The number of aromatic nitrogens is 2. The molecule has 0 aromatic carbocycles. The fourth-order valence-electron chi connectivity index (χ4n) is 1.89. The molecule has 0 spiro atoms. The van der Waals surface area contributed by atoms with Crippen LogP contribution in [0.15, 0.2) is 23.3 Å². The molecule has 2 rings (SSSR count). The molecule has 1 aliphatic heterocycles. The highest BCUT2D eigenvalue weighted by Gasteiger charge is 2.25. The number of aryl methyl sites for hydroxylation is 1. The fraction of sp³-hybridized carbons (Fsp3) is 0.500. The van der Waals surface area contributed by atoms with E-state index in [2.05, 4.69) is 5.10 Å². The van der Waals surface area contributed by atoms with Gasteiger partial charge in [-0.05, 0) is 32.8 Å². The molecule has 6 nitrogen and oxygen atoms in total. The van der Waals surface area contributed by atoms with Crippen molar-refractivity contribution in [2.75, 3.05) is 6.54 Å². The standard InChI is InChI=1S/C14H19N3O3/c1-14(2,3)20-13(19)17-6-5-10(9-17)11-7-12(18)16(4)15-8-11/h7-9H,5-6H2,1-4H3. The van der Waals surface area contributed by atoms with Gasteiger partial charge in [-0.15, -0.1) is 0 Å². The summed E-state index contributed by atoms with van der Waals surface area (Å²) in [5, 5.41) is 3.98. The van der Waals surface area contributed by atoms with Crippen LogP contribution in [0.4, 0.5) is 4.79 Å². The lowest BCUT2D eigenvalue weighted by molar-refractivity contribution is 0.0349. The van der Waals surface area contributed by atoms with Crippen LogP contribution in [0.5, 0.6) is 0 Å². The summed E-state index contributed by atoms with van der Waals surface area (Å²) in [5.41, 5.74) is 0.983. The summed E-state index contributed by atoms with van der Waals surface area (Å²) in [5.74, 6) is 0. The van der Waals surface area contributed by atoms with Crippen molar-refractivity contribution in [3.63, 3.8) is 0 Å². The third kappa shape index (κ3) is 3.26. The molecule has 2 heterocycles. The molecule has 108 valence electrons. The van der Waals surface area contributed by atoms with Crippen molar-refractivity contribution in [3.05, 3.63) is 34.4 Å². The molecule has 0 aliphatic carbocycles. The van der Waals surface area contributed by atoms with Gasteiger partial charge in [0.05, 0.1) is 6.20 Å². The molecule has 0 atom stereocenters. The Morgan fingerprint density at radius 2 is 2.10 bits per heavy atom. The summed E-state index contributed by atoms with van der Waals surface area (Å²) in [6, 6.07) is 1.53. The Morgan fingerprint density at radius 1 is 1.40 bits per heavy atom. The SMILES string of the molecule is Cn1ncc(C2=CN(C(=O)OC(C)(C)C)CC2)cc1=O. The molecule has 0 saturated heterocycles. The number of hydrogen-bond donors (Lipinski definition) is 0. The lowest BCUT2D eigenvalue weighted by atomic mass is 10.1. The van der Waals surface area contributed by atoms with Gasteiger partial charge in [-0.25, -0.2) is 9.48 Å². The Morgan fingerprint density at radius 3 is 2.70 bits per heavy atom. The molecular formula is C14H19N3O3. The zero-order valence-electron chi connectivity index (χ0n) is 12.2. The number of carbonyl (C=O) groups is 1. The van der Waals surface area contributed by atoms with E-state index < -0.39 is 5.60 Å². The maximum atomic E-state index is 11.9. The number of amides is 1. The van der Waals surface area contributed by atoms with Gasteiger partial charge >= 0.3 is 6.09 Å². The minimum Gasteiger partial charge on any atom is -0.443 e. The van der Waals surface area contributed by atoms with E-state index in [9.17, 15) is 9.59 Å². The zero-order valence-corrected chi connectivity index (χ0v) is 12.2. The average Bonchev–Trinajstić information content (AvgIpc) is 2.80.